The fraction of sp³-hybridized carbons (Fsp3) is 0.235. The molecule has 0 atom stereocenters. The molecule has 0 amide bonds. The Balaban J connectivity index is 2.20. The molecule has 0 unspecified atom stereocenters. The van der Waals surface area contributed by atoms with Gasteiger partial charge in [0.05, 0.1) is 16.9 Å². The molecule has 5 heteroatoms. The molecule has 0 saturated heterocycles. The Morgan fingerprint density at radius 3 is 2.41 bits per heavy atom. The minimum atomic E-state index is -0.901. The molecule has 22 heavy (non-hydrogen) atoms. The highest BCUT2D eigenvalue weighted by atomic mass is 19.2. The van der Waals surface area contributed by atoms with Crippen LogP contribution in [0.5, 0.6) is 0 Å². The van der Waals surface area contributed by atoms with Crippen molar-refractivity contribution in [2.75, 3.05) is 0 Å². The van der Waals surface area contributed by atoms with E-state index < -0.39 is 11.6 Å². The van der Waals surface area contributed by atoms with Crippen molar-refractivity contribution >= 4 is 10.9 Å². The SMILES string of the molecule is Cc1cc(-c2ccnc(C(C)C)n2)nc2cc(F)c(F)cc12. The lowest BCUT2D eigenvalue weighted by Crippen LogP contribution is -1.99. The molecule has 3 rings (SSSR count). The molecular weight excluding hydrogens is 284 g/mol. The maximum absolute atomic E-state index is 13.4. The molecule has 0 fully saturated rings. The van der Waals surface area contributed by atoms with Crippen molar-refractivity contribution in [1.29, 1.82) is 0 Å². The lowest BCUT2D eigenvalue weighted by atomic mass is 10.1. The van der Waals surface area contributed by atoms with Crippen LogP contribution in [0.15, 0.2) is 30.5 Å². The summed E-state index contributed by atoms with van der Waals surface area (Å²) < 4.78 is 26.8. The van der Waals surface area contributed by atoms with Crippen molar-refractivity contribution in [2.45, 2.75) is 26.7 Å². The van der Waals surface area contributed by atoms with E-state index in [0.717, 1.165) is 17.5 Å². The van der Waals surface area contributed by atoms with E-state index in [2.05, 4.69) is 15.0 Å². The summed E-state index contributed by atoms with van der Waals surface area (Å²) in [4.78, 5) is 13.1. The number of hydrogen-bond acceptors (Lipinski definition) is 3. The summed E-state index contributed by atoms with van der Waals surface area (Å²) >= 11 is 0. The third-order valence-electron chi connectivity index (χ3n) is 3.51. The van der Waals surface area contributed by atoms with E-state index in [-0.39, 0.29) is 5.92 Å². The predicted molar refractivity (Wildman–Crippen MR) is 81.5 cm³/mol. The van der Waals surface area contributed by atoms with Gasteiger partial charge in [-0.3, -0.25) is 0 Å². The zero-order valence-electron chi connectivity index (χ0n) is 12.6. The molecule has 3 aromatic rings. The van der Waals surface area contributed by atoms with Gasteiger partial charge in [-0.05, 0) is 30.7 Å². The molecule has 0 saturated carbocycles. The first-order valence-electron chi connectivity index (χ1n) is 7.05. The van der Waals surface area contributed by atoms with Crippen molar-refractivity contribution in [2.24, 2.45) is 0 Å². The molecule has 0 aliphatic heterocycles. The van der Waals surface area contributed by atoms with Crippen LogP contribution in [0.1, 0.15) is 31.2 Å². The summed E-state index contributed by atoms with van der Waals surface area (Å²) in [6.45, 7) is 5.86. The number of rotatable bonds is 2. The molecule has 1 aromatic carbocycles. The summed E-state index contributed by atoms with van der Waals surface area (Å²) in [6.07, 6.45) is 1.68. The number of benzene rings is 1. The summed E-state index contributed by atoms with van der Waals surface area (Å²) in [5.74, 6) is -0.841. The Hall–Kier alpha value is -2.43. The van der Waals surface area contributed by atoms with Crippen LogP contribution in [0.4, 0.5) is 8.78 Å². The van der Waals surface area contributed by atoms with Gasteiger partial charge in [-0.15, -0.1) is 0 Å². The van der Waals surface area contributed by atoms with Gasteiger partial charge in [0, 0.05) is 23.6 Å². The first-order valence-corrected chi connectivity index (χ1v) is 7.05. The van der Waals surface area contributed by atoms with Gasteiger partial charge in [-0.25, -0.2) is 23.7 Å². The Bertz CT molecular complexity index is 860. The summed E-state index contributed by atoms with van der Waals surface area (Å²) in [5.41, 5.74) is 2.54. The number of aryl methyl sites for hydroxylation is 1. The van der Waals surface area contributed by atoms with E-state index in [4.69, 9.17) is 0 Å². The second-order valence-electron chi connectivity index (χ2n) is 5.56. The number of fused-ring (bicyclic) bond motifs is 1. The highest BCUT2D eigenvalue weighted by Crippen LogP contribution is 2.25. The quantitative estimate of drug-likeness (QED) is 0.704. The van der Waals surface area contributed by atoms with E-state index in [1.54, 1.807) is 12.3 Å². The van der Waals surface area contributed by atoms with Gasteiger partial charge in [-0.1, -0.05) is 13.8 Å². The average Bonchev–Trinajstić information content (AvgIpc) is 2.49. The van der Waals surface area contributed by atoms with Crippen LogP contribution in [-0.2, 0) is 0 Å². The summed E-state index contributed by atoms with van der Waals surface area (Å²) in [6, 6.07) is 5.88. The van der Waals surface area contributed by atoms with Gasteiger partial charge in [0.25, 0.3) is 0 Å². The van der Waals surface area contributed by atoms with E-state index in [1.165, 1.54) is 6.07 Å². The molecule has 0 radical (unpaired) electrons. The Morgan fingerprint density at radius 2 is 1.68 bits per heavy atom. The molecule has 0 aliphatic rings. The summed E-state index contributed by atoms with van der Waals surface area (Å²) in [5, 5.41) is 0.598. The van der Waals surface area contributed by atoms with Crippen molar-refractivity contribution in [3.63, 3.8) is 0 Å². The molecule has 2 aromatic heterocycles. The second kappa shape index (κ2) is 5.40. The van der Waals surface area contributed by atoms with Gasteiger partial charge >= 0.3 is 0 Å². The molecule has 3 nitrogen and oxygen atoms in total. The molecule has 0 spiro atoms. The molecular formula is C17H15F2N3. The molecule has 0 aliphatic carbocycles. The lowest BCUT2D eigenvalue weighted by Gasteiger charge is -2.09. The second-order valence-corrected chi connectivity index (χ2v) is 5.56. The van der Waals surface area contributed by atoms with Gasteiger partial charge in [-0.2, -0.15) is 0 Å². The maximum atomic E-state index is 13.4. The normalized spacial score (nSPS) is 11.4. The topological polar surface area (TPSA) is 38.7 Å². The monoisotopic (exact) mass is 299 g/mol. The van der Waals surface area contributed by atoms with E-state index >= 15 is 0 Å². The minimum Gasteiger partial charge on any atom is -0.246 e. The van der Waals surface area contributed by atoms with E-state index in [1.807, 2.05) is 26.8 Å². The van der Waals surface area contributed by atoms with Crippen LogP contribution in [0.25, 0.3) is 22.3 Å². The predicted octanol–water partition coefficient (Wildman–Crippen LogP) is 4.40. The summed E-state index contributed by atoms with van der Waals surface area (Å²) in [7, 11) is 0. The van der Waals surface area contributed by atoms with Gasteiger partial charge in [0.2, 0.25) is 0 Å². The number of halogens is 2. The zero-order chi connectivity index (χ0) is 15.9. The van der Waals surface area contributed by atoms with Crippen LogP contribution in [-0.4, -0.2) is 15.0 Å². The van der Waals surface area contributed by atoms with Crippen molar-refractivity contribution in [1.82, 2.24) is 15.0 Å². The fourth-order valence-electron chi connectivity index (χ4n) is 2.32. The fourth-order valence-corrected chi connectivity index (χ4v) is 2.32. The van der Waals surface area contributed by atoms with Crippen LogP contribution in [0.3, 0.4) is 0 Å². The largest absolute Gasteiger partial charge is 0.246 e. The Kier molecular flexibility index (Phi) is 3.56. The number of nitrogens with zero attached hydrogens (tertiary/aromatic N) is 3. The standard InChI is InChI=1S/C17H15F2N3/c1-9(2)17-20-5-4-14(22-17)16-6-10(3)11-7-12(18)13(19)8-15(11)21-16/h4-9H,1-3H3. The van der Waals surface area contributed by atoms with E-state index in [9.17, 15) is 8.78 Å². The van der Waals surface area contributed by atoms with E-state index in [0.29, 0.717) is 22.3 Å². The van der Waals surface area contributed by atoms with Crippen molar-refractivity contribution in [3.8, 4) is 11.4 Å². The van der Waals surface area contributed by atoms with Crippen molar-refractivity contribution in [3.05, 3.63) is 53.5 Å². The Morgan fingerprint density at radius 1 is 0.955 bits per heavy atom. The third kappa shape index (κ3) is 2.54. The average molecular weight is 299 g/mol. The molecule has 0 bridgehead atoms. The molecule has 2 heterocycles. The minimum absolute atomic E-state index is 0.202. The van der Waals surface area contributed by atoms with Crippen molar-refractivity contribution < 1.29 is 8.78 Å². The highest BCUT2D eigenvalue weighted by Gasteiger charge is 2.11. The highest BCUT2D eigenvalue weighted by molar-refractivity contribution is 5.84. The van der Waals surface area contributed by atoms with Crippen LogP contribution >= 0.6 is 0 Å². The van der Waals surface area contributed by atoms with Gasteiger partial charge < -0.3 is 0 Å². The van der Waals surface area contributed by atoms with Crippen LogP contribution in [0, 0.1) is 18.6 Å². The Labute approximate surface area is 127 Å². The lowest BCUT2D eigenvalue weighted by molar-refractivity contribution is 0.510. The number of pyridine rings is 1. The molecule has 112 valence electrons. The first kappa shape index (κ1) is 14.5. The van der Waals surface area contributed by atoms with Gasteiger partial charge in [0.1, 0.15) is 5.82 Å². The maximum Gasteiger partial charge on any atom is 0.161 e. The van der Waals surface area contributed by atoms with Gasteiger partial charge in [0.15, 0.2) is 11.6 Å². The zero-order valence-corrected chi connectivity index (χ0v) is 12.6. The molecule has 0 N–H and O–H groups in total. The smallest absolute Gasteiger partial charge is 0.161 e. The van der Waals surface area contributed by atoms with Crippen LogP contribution in [0.2, 0.25) is 0 Å². The third-order valence-corrected chi connectivity index (χ3v) is 3.51. The van der Waals surface area contributed by atoms with Crippen LogP contribution < -0.4 is 0 Å². The first-order chi connectivity index (χ1) is 10.5. The number of aromatic nitrogens is 3. The number of hydrogen-bond donors (Lipinski definition) is 0.